The maximum Gasteiger partial charge on any atom is 0.230 e. The zero-order valence-corrected chi connectivity index (χ0v) is 12.2. The summed E-state index contributed by atoms with van der Waals surface area (Å²) in [5.74, 6) is -2.88. The van der Waals surface area contributed by atoms with Crippen molar-refractivity contribution >= 4 is 11.9 Å². The number of rotatable bonds is 3. The van der Waals surface area contributed by atoms with Crippen LogP contribution < -0.4 is 5.11 Å². The van der Waals surface area contributed by atoms with E-state index in [0.717, 1.165) is 11.1 Å². The zero-order chi connectivity index (χ0) is 15.5. The van der Waals surface area contributed by atoms with Crippen LogP contribution >= 0.6 is 0 Å². The maximum atomic E-state index is 12.7. The van der Waals surface area contributed by atoms with Crippen molar-refractivity contribution in [1.29, 1.82) is 0 Å². The molecule has 22 heavy (non-hydrogen) atoms. The highest BCUT2D eigenvalue weighted by Gasteiger charge is 2.65. The van der Waals surface area contributed by atoms with E-state index in [-0.39, 0.29) is 5.91 Å². The summed E-state index contributed by atoms with van der Waals surface area (Å²) >= 11 is 0. The summed E-state index contributed by atoms with van der Waals surface area (Å²) in [6.07, 6.45) is 3.08. The second-order valence-electron chi connectivity index (χ2n) is 6.40. The molecule has 0 unspecified atom stereocenters. The third kappa shape index (κ3) is 1.75. The second-order valence-corrected chi connectivity index (χ2v) is 6.40. The molecular weight excluding hydrogens is 282 g/mol. The van der Waals surface area contributed by atoms with Gasteiger partial charge in [-0.1, -0.05) is 42.0 Å². The molecule has 114 valence electrons. The minimum Gasteiger partial charge on any atom is -0.550 e. The van der Waals surface area contributed by atoms with E-state index >= 15 is 0 Å². The minimum absolute atomic E-state index is 0.151. The number of benzene rings is 1. The highest BCUT2D eigenvalue weighted by Crippen LogP contribution is 2.51. The number of carbonyl (C=O) groups is 2. The highest BCUT2D eigenvalue weighted by molar-refractivity contribution is 5.90. The van der Waals surface area contributed by atoms with Crippen molar-refractivity contribution < 1.29 is 19.4 Å². The molecule has 1 aromatic carbocycles. The Labute approximate surface area is 128 Å². The lowest BCUT2D eigenvalue weighted by atomic mass is 9.77. The Morgan fingerprint density at radius 1 is 1.41 bits per heavy atom. The lowest BCUT2D eigenvalue weighted by molar-refractivity contribution is -0.313. The number of hydrogen-bond acceptors (Lipinski definition) is 4. The van der Waals surface area contributed by atoms with Gasteiger partial charge in [0.1, 0.15) is 5.60 Å². The average Bonchev–Trinajstić information content (AvgIpc) is 3.10. The van der Waals surface area contributed by atoms with Crippen molar-refractivity contribution in [3.8, 4) is 0 Å². The molecule has 2 bridgehead atoms. The van der Waals surface area contributed by atoms with Crippen LogP contribution in [-0.2, 0) is 20.9 Å². The molecule has 4 rings (SSSR count). The molecule has 0 radical (unpaired) electrons. The molecule has 1 aromatic rings. The predicted molar refractivity (Wildman–Crippen MR) is 75.3 cm³/mol. The summed E-state index contributed by atoms with van der Waals surface area (Å²) in [4.78, 5) is 25.8. The molecule has 5 heteroatoms. The first-order valence-corrected chi connectivity index (χ1v) is 7.42. The molecule has 4 atom stereocenters. The molecule has 2 fully saturated rings. The van der Waals surface area contributed by atoms with E-state index in [4.69, 9.17) is 4.74 Å². The van der Waals surface area contributed by atoms with Crippen molar-refractivity contribution in [3.05, 3.63) is 47.5 Å². The van der Waals surface area contributed by atoms with Crippen molar-refractivity contribution in [2.45, 2.75) is 25.2 Å². The Morgan fingerprint density at radius 3 is 2.82 bits per heavy atom. The summed E-state index contributed by atoms with van der Waals surface area (Å²) in [6.45, 7) is 2.88. The predicted octanol–water partition coefficient (Wildman–Crippen LogP) is 0.0269. The van der Waals surface area contributed by atoms with Gasteiger partial charge in [-0.15, -0.1) is 0 Å². The minimum atomic E-state index is -1.20. The van der Waals surface area contributed by atoms with Gasteiger partial charge in [0.25, 0.3) is 0 Å². The third-order valence-corrected chi connectivity index (χ3v) is 4.94. The van der Waals surface area contributed by atoms with Gasteiger partial charge in [-0.05, 0) is 12.5 Å². The number of fused-ring (bicyclic) bond motifs is 1. The van der Waals surface area contributed by atoms with Crippen molar-refractivity contribution in [2.75, 3.05) is 6.54 Å². The number of aryl methyl sites for hydroxylation is 1. The number of carboxylic acids is 1. The first-order chi connectivity index (χ1) is 10.5. The normalized spacial score (nSPS) is 35.2. The van der Waals surface area contributed by atoms with Crippen molar-refractivity contribution in [3.63, 3.8) is 0 Å². The van der Waals surface area contributed by atoms with Gasteiger partial charge in [-0.2, -0.15) is 0 Å². The van der Waals surface area contributed by atoms with Gasteiger partial charge < -0.3 is 19.5 Å². The Morgan fingerprint density at radius 2 is 2.14 bits per heavy atom. The number of likely N-dealkylation sites (tertiary alicyclic amines) is 1. The number of nitrogens with zero attached hydrogens (tertiary/aromatic N) is 1. The van der Waals surface area contributed by atoms with Crippen molar-refractivity contribution in [1.82, 2.24) is 4.90 Å². The number of aliphatic carboxylic acids is 1. The van der Waals surface area contributed by atoms with E-state index in [1.54, 1.807) is 11.0 Å². The Hall–Kier alpha value is -2.14. The quantitative estimate of drug-likeness (QED) is 0.738. The van der Waals surface area contributed by atoms with E-state index in [2.05, 4.69) is 0 Å². The molecule has 5 nitrogen and oxygen atoms in total. The van der Waals surface area contributed by atoms with Gasteiger partial charge in [-0.25, -0.2) is 0 Å². The average molecular weight is 298 g/mol. The first kappa shape index (κ1) is 13.5. The molecule has 0 N–H and O–H groups in total. The zero-order valence-electron chi connectivity index (χ0n) is 12.2. The van der Waals surface area contributed by atoms with Crippen LogP contribution in [0.1, 0.15) is 11.1 Å². The summed E-state index contributed by atoms with van der Waals surface area (Å²) in [6, 6.07) is 7.97. The molecular formula is C17H16NO4-. The number of hydrogen-bond donors (Lipinski definition) is 0. The Bertz CT molecular complexity index is 680. The fraction of sp³-hybridized carbons (Fsp3) is 0.412. The Kier molecular flexibility index (Phi) is 2.72. The van der Waals surface area contributed by atoms with Crippen LogP contribution in [0.25, 0.3) is 0 Å². The molecule has 2 saturated heterocycles. The highest BCUT2D eigenvalue weighted by atomic mass is 16.5. The number of carboxylic acid groups (broad SMARTS) is 1. The molecule has 0 aromatic heterocycles. The van der Waals surface area contributed by atoms with Crippen LogP contribution in [0.4, 0.5) is 0 Å². The van der Waals surface area contributed by atoms with Gasteiger partial charge in [0.15, 0.2) is 0 Å². The summed E-state index contributed by atoms with van der Waals surface area (Å²) in [5, 5.41) is 11.4. The topological polar surface area (TPSA) is 69.7 Å². The van der Waals surface area contributed by atoms with Crippen LogP contribution in [0, 0.1) is 18.8 Å². The van der Waals surface area contributed by atoms with Crippen LogP contribution in [0.5, 0.6) is 0 Å². The standard InChI is InChI=1S/C17H17NO4/c1-10-2-4-11(5-3-10)8-18-9-17-7-6-12(22-17)13(16(20)21)14(17)15(18)19/h2-7,12-14H,8-9H2,1H3,(H,20,21)/p-1/t12-,13+,14-,17+/m1/s1. The van der Waals surface area contributed by atoms with E-state index in [1.807, 2.05) is 37.3 Å². The molecule has 3 aliphatic heterocycles. The molecule has 0 aliphatic carbocycles. The second kappa shape index (κ2) is 4.43. The van der Waals surface area contributed by atoms with Gasteiger partial charge >= 0.3 is 0 Å². The fourth-order valence-corrected chi connectivity index (χ4v) is 3.90. The van der Waals surface area contributed by atoms with Crippen LogP contribution in [0.2, 0.25) is 0 Å². The van der Waals surface area contributed by atoms with Gasteiger partial charge in [-0.3, -0.25) is 4.79 Å². The van der Waals surface area contributed by atoms with Crippen molar-refractivity contribution in [2.24, 2.45) is 11.8 Å². The Balaban J connectivity index is 1.61. The van der Waals surface area contributed by atoms with E-state index in [1.165, 1.54) is 0 Å². The fourth-order valence-electron chi connectivity index (χ4n) is 3.90. The van der Waals surface area contributed by atoms with Crippen LogP contribution in [-0.4, -0.2) is 35.0 Å². The third-order valence-electron chi connectivity index (χ3n) is 4.94. The van der Waals surface area contributed by atoms with E-state index in [0.29, 0.717) is 13.1 Å². The van der Waals surface area contributed by atoms with Gasteiger partial charge in [0, 0.05) is 18.4 Å². The molecule has 3 aliphatic rings. The summed E-state index contributed by atoms with van der Waals surface area (Å²) in [7, 11) is 0. The molecule has 1 spiro atoms. The monoisotopic (exact) mass is 298 g/mol. The maximum absolute atomic E-state index is 12.7. The van der Waals surface area contributed by atoms with Crippen LogP contribution in [0.15, 0.2) is 36.4 Å². The van der Waals surface area contributed by atoms with Gasteiger partial charge in [0.2, 0.25) is 5.91 Å². The van der Waals surface area contributed by atoms with Gasteiger partial charge in [0.05, 0.1) is 18.6 Å². The van der Waals surface area contributed by atoms with E-state index in [9.17, 15) is 14.7 Å². The van der Waals surface area contributed by atoms with Crippen LogP contribution in [0.3, 0.4) is 0 Å². The first-order valence-electron chi connectivity index (χ1n) is 7.42. The lowest BCUT2D eigenvalue weighted by Crippen LogP contribution is -2.45. The smallest absolute Gasteiger partial charge is 0.230 e. The number of carbonyl (C=O) groups excluding carboxylic acids is 2. The molecule has 3 heterocycles. The molecule has 1 amide bonds. The summed E-state index contributed by atoms with van der Waals surface area (Å²) in [5.41, 5.74) is 1.41. The van der Waals surface area contributed by atoms with E-state index < -0.39 is 29.5 Å². The summed E-state index contributed by atoms with van der Waals surface area (Å²) < 4.78 is 5.82. The lowest BCUT2D eigenvalue weighted by Gasteiger charge is -2.24. The molecule has 0 saturated carbocycles. The number of ether oxygens (including phenoxy) is 1. The SMILES string of the molecule is Cc1ccc(CN2C[C@]34C=C[C@@H](O3)[C@H](C(=O)[O-])[C@@H]4C2=O)cc1. The number of amides is 1. The largest absolute Gasteiger partial charge is 0.550 e.